The highest BCUT2D eigenvalue weighted by Gasteiger charge is 2.25. The highest BCUT2D eigenvalue weighted by Crippen LogP contribution is 2.47. The van der Waals surface area contributed by atoms with E-state index in [1.807, 2.05) is 0 Å². The first-order chi connectivity index (χ1) is 9.11. The van der Waals surface area contributed by atoms with Gasteiger partial charge in [0.2, 0.25) is 0 Å². The molecule has 2 rings (SSSR count). The Kier molecular flexibility index (Phi) is 5.46. The highest BCUT2D eigenvalue weighted by molar-refractivity contribution is 7.67. The maximum atomic E-state index is 2.43. The molecule has 1 aliphatic rings. The topological polar surface area (TPSA) is 0 Å². The average molecular weight is 276 g/mol. The van der Waals surface area contributed by atoms with Crippen LogP contribution in [0.15, 0.2) is 24.3 Å². The van der Waals surface area contributed by atoms with E-state index < -0.39 is 0 Å². The monoisotopic (exact) mass is 276 g/mol. The largest absolute Gasteiger partial charge is 0.0698 e. The SMILES string of the molecule is CC(C)P(c1ccccc1C1CCCCC1)C(C)C. The second-order valence-corrected chi connectivity index (χ2v) is 9.85. The van der Waals surface area contributed by atoms with Gasteiger partial charge in [-0.05, 0) is 40.9 Å². The van der Waals surface area contributed by atoms with Crippen LogP contribution in [-0.4, -0.2) is 11.3 Å². The zero-order valence-electron chi connectivity index (χ0n) is 13.0. The van der Waals surface area contributed by atoms with E-state index in [9.17, 15) is 0 Å². The maximum Gasteiger partial charge on any atom is -0.0156 e. The quantitative estimate of drug-likeness (QED) is 0.623. The van der Waals surface area contributed by atoms with Crippen molar-refractivity contribution >= 4 is 13.2 Å². The molecule has 0 aromatic heterocycles. The summed E-state index contributed by atoms with van der Waals surface area (Å²) >= 11 is 0. The second-order valence-electron chi connectivity index (χ2n) is 6.49. The molecule has 0 atom stereocenters. The van der Waals surface area contributed by atoms with Gasteiger partial charge < -0.3 is 0 Å². The first kappa shape index (κ1) is 15.0. The normalized spacial score (nSPS) is 17.6. The summed E-state index contributed by atoms with van der Waals surface area (Å²) in [6, 6.07) is 9.35. The Morgan fingerprint density at radius 3 is 2.05 bits per heavy atom. The van der Waals surface area contributed by atoms with Crippen LogP contribution < -0.4 is 5.30 Å². The summed E-state index contributed by atoms with van der Waals surface area (Å²) < 4.78 is 0. The van der Waals surface area contributed by atoms with Crippen molar-refractivity contribution < 1.29 is 0 Å². The Labute approximate surface area is 120 Å². The van der Waals surface area contributed by atoms with Crippen LogP contribution in [0.2, 0.25) is 0 Å². The molecule has 0 N–H and O–H groups in total. The first-order valence-corrected chi connectivity index (χ1v) is 9.46. The van der Waals surface area contributed by atoms with Crippen LogP contribution in [0, 0.1) is 0 Å². The highest BCUT2D eigenvalue weighted by atomic mass is 31.1. The van der Waals surface area contributed by atoms with E-state index >= 15 is 0 Å². The van der Waals surface area contributed by atoms with Crippen LogP contribution in [0.25, 0.3) is 0 Å². The lowest BCUT2D eigenvalue weighted by Crippen LogP contribution is -2.21. The molecule has 0 nitrogen and oxygen atoms in total. The van der Waals surface area contributed by atoms with E-state index in [2.05, 4.69) is 52.0 Å². The molecule has 0 amide bonds. The van der Waals surface area contributed by atoms with Crippen molar-refractivity contribution in [3.05, 3.63) is 29.8 Å². The van der Waals surface area contributed by atoms with Crippen molar-refractivity contribution in [3.63, 3.8) is 0 Å². The number of hydrogen-bond acceptors (Lipinski definition) is 0. The van der Waals surface area contributed by atoms with Crippen LogP contribution in [0.1, 0.15) is 71.3 Å². The van der Waals surface area contributed by atoms with Gasteiger partial charge in [-0.1, -0.05) is 79.1 Å². The molecule has 1 aromatic rings. The summed E-state index contributed by atoms with van der Waals surface area (Å²) in [6.07, 6.45) is 7.13. The predicted molar refractivity (Wildman–Crippen MR) is 89.1 cm³/mol. The van der Waals surface area contributed by atoms with Gasteiger partial charge in [0.25, 0.3) is 0 Å². The molecule has 1 heteroatoms. The van der Waals surface area contributed by atoms with Gasteiger partial charge in [0.1, 0.15) is 0 Å². The molecular formula is C18H29P. The van der Waals surface area contributed by atoms with E-state index in [-0.39, 0.29) is 7.92 Å². The lowest BCUT2D eigenvalue weighted by molar-refractivity contribution is 0.445. The number of hydrogen-bond donors (Lipinski definition) is 0. The third kappa shape index (κ3) is 3.60. The molecule has 1 aromatic carbocycles. The third-order valence-electron chi connectivity index (χ3n) is 4.37. The lowest BCUT2D eigenvalue weighted by Gasteiger charge is -2.32. The second kappa shape index (κ2) is 6.89. The third-order valence-corrected chi connectivity index (χ3v) is 7.56. The van der Waals surface area contributed by atoms with Crippen LogP contribution >= 0.6 is 7.92 Å². The van der Waals surface area contributed by atoms with E-state index in [4.69, 9.17) is 0 Å². The van der Waals surface area contributed by atoms with Crippen molar-refractivity contribution in [2.24, 2.45) is 0 Å². The molecule has 0 saturated heterocycles. The summed E-state index contributed by atoms with van der Waals surface area (Å²) in [6.45, 7) is 9.62. The fraction of sp³-hybridized carbons (Fsp3) is 0.667. The molecule has 0 spiro atoms. The van der Waals surface area contributed by atoms with Crippen LogP contribution in [0.3, 0.4) is 0 Å². The van der Waals surface area contributed by atoms with Gasteiger partial charge in [-0.3, -0.25) is 0 Å². The fourth-order valence-electron chi connectivity index (χ4n) is 3.63. The Bertz CT molecular complexity index is 380. The fourth-order valence-corrected chi connectivity index (χ4v) is 6.75. The van der Waals surface area contributed by atoms with Crippen molar-refractivity contribution in [1.82, 2.24) is 0 Å². The van der Waals surface area contributed by atoms with Crippen LogP contribution in [-0.2, 0) is 0 Å². The summed E-state index contributed by atoms with van der Waals surface area (Å²) in [7, 11) is -0.0194. The van der Waals surface area contributed by atoms with Gasteiger partial charge >= 0.3 is 0 Å². The Balaban J connectivity index is 2.33. The summed E-state index contributed by atoms with van der Waals surface area (Å²) in [4.78, 5) is 0. The first-order valence-electron chi connectivity index (χ1n) is 7.98. The maximum absolute atomic E-state index is 2.43. The standard InChI is InChI=1S/C18H29P/c1-14(2)19(15(3)4)18-13-9-8-12-17(18)16-10-6-5-7-11-16/h8-9,12-16H,5-7,10-11H2,1-4H3. The Hall–Kier alpha value is -0.350. The molecule has 1 aliphatic carbocycles. The predicted octanol–water partition coefficient (Wildman–Crippen LogP) is 5.66. The van der Waals surface area contributed by atoms with Crippen molar-refractivity contribution in [2.45, 2.75) is 77.0 Å². The smallest absolute Gasteiger partial charge is 0.0156 e. The molecule has 0 unspecified atom stereocenters. The molecule has 0 heterocycles. The summed E-state index contributed by atoms with van der Waals surface area (Å²) in [5, 5.41) is 1.70. The van der Waals surface area contributed by atoms with E-state index in [0.717, 1.165) is 17.2 Å². The minimum atomic E-state index is -0.0194. The Morgan fingerprint density at radius 1 is 0.895 bits per heavy atom. The van der Waals surface area contributed by atoms with E-state index in [1.54, 1.807) is 10.9 Å². The molecule has 0 aliphatic heterocycles. The number of benzene rings is 1. The van der Waals surface area contributed by atoms with Crippen LogP contribution in [0.5, 0.6) is 0 Å². The van der Waals surface area contributed by atoms with Gasteiger partial charge in [-0.15, -0.1) is 0 Å². The molecule has 0 bridgehead atoms. The lowest BCUT2D eigenvalue weighted by atomic mass is 9.84. The molecule has 106 valence electrons. The van der Waals surface area contributed by atoms with Gasteiger partial charge in [0.15, 0.2) is 0 Å². The van der Waals surface area contributed by atoms with Crippen molar-refractivity contribution in [2.75, 3.05) is 0 Å². The van der Waals surface area contributed by atoms with Crippen LogP contribution in [0.4, 0.5) is 0 Å². The Morgan fingerprint density at radius 2 is 1.47 bits per heavy atom. The molecule has 0 radical (unpaired) electrons. The van der Waals surface area contributed by atoms with Gasteiger partial charge in [-0.2, -0.15) is 0 Å². The number of rotatable bonds is 4. The minimum absolute atomic E-state index is 0.0194. The van der Waals surface area contributed by atoms with Crippen molar-refractivity contribution in [1.29, 1.82) is 0 Å². The molecule has 19 heavy (non-hydrogen) atoms. The van der Waals surface area contributed by atoms with Crippen molar-refractivity contribution in [3.8, 4) is 0 Å². The minimum Gasteiger partial charge on any atom is -0.0698 e. The van der Waals surface area contributed by atoms with Gasteiger partial charge in [-0.25, -0.2) is 0 Å². The average Bonchev–Trinajstić information content (AvgIpc) is 2.39. The van der Waals surface area contributed by atoms with E-state index in [1.165, 1.54) is 32.1 Å². The molecule has 1 saturated carbocycles. The zero-order valence-corrected chi connectivity index (χ0v) is 13.9. The molecule has 1 fully saturated rings. The van der Waals surface area contributed by atoms with Gasteiger partial charge in [0.05, 0.1) is 0 Å². The van der Waals surface area contributed by atoms with Gasteiger partial charge in [0, 0.05) is 0 Å². The van der Waals surface area contributed by atoms with E-state index in [0.29, 0.717) is 0 Å². The summed E-state index contributed by atoms with van der Waals surface area (Å²) in [5.74, 6) is 0.840. The summed E-state index contributed by atoms with van der Waals surface area (Å²) in [5.41, 5.74) is 3.27. The zero-order chi connectivity index (χ0) is 13.8. The molecular weight excluding hydrogens is 247 g/mol.